The summed E-state index contributed by atoms with van der Waals surface area (Å²) in [5.74, 6) is -3.77. The summed E-state index contributed by atoms with van der Waals surface area (Å²) in [5.41, 5.74) is 2.37. The van der Waals surface area contributed by atoms with Gasteiger partial charge in [0.25, 0.3) is 0 Å². The predicted molar refractivity (Wildman–Crippen MR) is 132 cm³/mol. The second-order valence-electron chi connectivity index (χ2n) is 10.2. The molecule has 5 rings (SSSR count). The van der Waals surface area contributed by atoms with Crippen LogP contribution >= 0.6 is 0 Å². The molecule has 12 nitrogen and oxygen atoms in total. The number of rotatable bonds is 5. The lowest BCUT2D eigenvalue weighted by Crippen LogP contribution is -2.53. The molecule has 3 unspecified atom stereocenters. The SMILES string of the molecule is COc1cccc2c1C(=O)c1c(O)c3c(c(O)c1C2=O)C[C@@](O)(C(=O)CO)C[C@@H]3OC1CC(N)[C@@H](O)C(C)O1. The van der Waals surface area contributed by atoms with Crippen LogP contribution in [0.15, 0.2) is 18.2 Å². The van der Waals surface area contributed by atoms with Crippen molar-refractivity contribution in [3.63, 3.8) is 0 Å². The molecule has 0 aromatic heterocycles. The Morgan fingerprint density at radius 2 is 1.85 bits per heavy atom. The Kier molecular flexibility index (Phi) is 6.74. The molecule has 3 aliphatic rings. The van der Waals surface area contributed by atoms with Crippen LogP contribution in [0.5, 0.6) is 17.2 Å². The van der Waals surface area contributed by atoms with Gasteiger partial charge in [0.05, 0.1) is 42.1 Å². The van der Waals surface area contributed by atoms with Gasteiger partial charge in [-0.1, -0.05) is 12.1 Å². The van der Waals surface area contributed by atoms with E-state index in [0.717, 1.165) is 0 Å². The quantitative estimate of drug-likeness (QED) is 0.235. The maximum absolute atomic E-state index is 13.6. The first kappa shape index (κ1) is 27.2. The summed E-state index contributed by atoms with van der Waals surface area (Å²) in [4.78, 5) is 39.7. The summed E-state index contributed by atoms with van der Waals surface area (Å²) in [5, 5.41) is 53.7. The molecule has 0 amide bonds. The molecule has 1 fully saturated rings. The van der Waals surface area contributed by atoms with Crippen LogP contribution in [0.25, 0.3) is 0 Å². The van der Waals surface area contributed by atoms with Crippen LogP contribution in [0.2, 0.25) is 0 Å². The van der Waals surface area contributed by atoms with Crippen molar-refractivity contribution in [2.45, 2.75) is 62.4 Å². The fraction of sp³-hybridized carbons (Fsp3) is 0.444. The standard InChI is InChI=1S/C27H29NO11/c1-10-22(31)13(28)6-17(38-10)39-15-8-27(36,16(30)9-29)7-12-19(15)26(35)21-20(24(12)33)23(32)11-4-3-5-14(37-2)18(11)25(21)34/h3-5,10,13,15,17,22,29,31,33,35-36H,6-9,28H2,1-2H3/t10?,13?,15-,17?,22-,27-/m0/s1. The largest absolute Gasteiger partial charge is 0.507 e. The molecule has 2 aromatic rings. The number of methoxy groups -OCH3 is 1. The summed E-state index contributed by atoms with van der Waals surface area (Å²) in [7, 11) is 1.32. The number of phenolic OH excluding ortho intramolecular Hbond substituents is 2. The van der Waals surface area contributed by atoms with Crippen LogP contribution in [0, 0.1) is 0 Å². The molecule has 1 saturated heterocycles. The first-order chi connectivity index (χ1) is 18.4. The zero-order chi connectivity index (χ0) is 28.4. The number of aliphatic hydroxyl groups is 3. The van der Waals surface area contributed by atoms with E-state index in [4.69, 9.17) is 19.9 Å². The number of carbonyl (C=O) groups excluding carboxylic acids is 3. The number of ether oxygens (including phenoxy) is 3. The van der Waals surface area contributed by atoms with Gasteiger partial charge in [0.2, 0.25) is 5.78 Å². The third-order valence-corrected chi connectivity index (χ3v) is 7.81. The van der Waals surface area contributed by atoms with Crippen molar-refractivity contribution in [1.82, 2.24) is 0 Å². The van der Waals surface area contributed by atoms with E-state index in [1.165, 1.54) is 25.3 Å². The molecule has 1 heterocycles. The first-order valence-electron chi connectivity index (χ1n) is 12.4. The van der Waals surface area contributed by atoms with Crippen molar-refractivity contribution in [2.24, 2.45) is 5.73 Å². The molecule has 7 N–H and O–H groups in total. The third-order valence-electron chi connectivity index (χ3n) is 7.81. The van der Waals surface area contributed by atoms with Gasteiger partial charge in [-0.25, -0.2) is 0 Å². The minimum atomic E-state index is -2.24. The molecule has 0 bridgehead atoms. The minimum Gasteiger partial charge on any atom is -0.507 e. The molecule has 1 aliphatic heterocycles. The highest BCUT2D eigenvalue weighted by molar-refractivity contribution is 6.31. The van der Waals surface area contributed by atoms with Gasteiger partial charge < -0.3 is 45.5 Å². The number of carbonyl (C=O) groups is 3. The summed E-state index contributed by atoms with van der Waals surface area (Å²) >= 11 is 0. The molecule has 2 aromatic carbocycles. The normalized spacial score (nSPS) is 29.8. The lowest BCUT2D eigenvalue weighted by Gasteiger charge is -2.42. The molecule has 0 saturated carbocycles. The fourth-order valence-corrected chi connectivity index (χ4v) is 5.75. The minimum absolute atomic E-state index is 0.0173. The summed E-state index contributed by atoms with van der Waals surface area (Å²) in [6, 6.07) is 3.64. The fourth-order valence-electron chi connectivity index (χ4n) is 5.75. The Bertz CT molecular complexity index is 1380. The van der Waals surface area contributed by atoms with Crippen molar-refractivity contribution < 1.29 is 54.1 Å². The van der Waals surface area contributed by atoms with Crippen molar-refractivity contribution in [3.8, 4) is 17.2 Å². The molecule has 6 atom stereocenters. The number of Topliss-reactive ketones (excluding diaryl/α,β-unsaturated/α-hetero) is 1. The van der Waals surface area contributed by atoms with Gasteiger partial charge in [-0.15, -0.1) is 0 Å². The van der Waals surface area contributed by atoms with Crippen molar-refractivity contribution in [1.29, 1.82) is 0 Å². The molecule has 2 aliphatic carbocycles. The lowest BCUT2D eigenvalue weighted by atomic mass is 9.72. The van der Waals surface area contributed by atoms with E-state index in [1.807, 2.05) is 0 Å². The summed E-state index contributed by atoms with van der Waals surface area (Å²) in [6.45, 7) is 0.560. The average Bonchev–Trinajstić information content (AvgIpc) is 2.90. The summed E-state index contributed by atoms with van der Waals surface area (Å²) in [6.07, 6.45) is -5.12. The molecule has 0 spiro atoms. The Morgan fingerprint density at radius 3 is 2.49 bits per heavy atom. The number of nitrogens with two attached hydrogens (primary N) is 1. The van der Waals surface area contributed by atoms with Gasteiger partial charge in [0.1, 0.15) is 29.5 Å². The van der Waals surface area contributed by atoms with Crippen molar-refractivity contribution >= 4 is 17.3 Å². The van der Waals surface area contributed by atoms with Crippen LogP contribution in [0.4, 0.5) is 0 Å². The van der Waals surface area contributed by atoms with Crippen LogP contribution in [0.3, 0.4) is 0 Å². The van der Waals surface area contributed by atoms with Gasteiger partial charge in [-0.05, 0) is 13.0 Å². The highest BCUT2D eigenvalue weighted by Crippen LogP contribution is 2.52. The van der Waals surface area contributed by atoms with Crippen LogP contribution in [0.1, 0.15) is 68.8 Å². The maximum atomic E-state index is 13.6. The topological polar surface area (TPSA) is 206 Å². The van der Waals surface area contributed by atoms with E-state index in [0.29, 0.717) is 0 Å². The Hall–Kier alpha value is -3.39. The lowest BCUT2D eigenvalue weighted by molar-refractivity contribution is -0.247. The van der Waals surface area contributed by atoms with Gasteiger partial charge in [-0.2, -0.15) is 0 Å². The van der Waals surface area contributed by atoms with E-state index in [-0.39, 0.29) is 34.4 Å². The number of aliphatic hydroxyl groups excluding tert-OH is 2. The number of phenols is 2. The summed E-state index contributed by atoms with van der Waals surface area (Å²) < 4.78 is 17.0. The Labute approximate surface area is 222 Å². The highest BCUT2D eigenvalue weighted by atomic mass is 16.7. The highest BCUT2D eigenvalue weighted by Gasteiger charge is 2.50. The number of ketones is 3. The van der Waals surface area contributed by atoms with Gasteiger partial charge >= 0.3 is 0 Å². The van der Waals surface area contributed by atoms with E-state index in [9.17, 15) is 39.9 Å². The second-order valence-corrected chi connectivity index (χ2v) is 10.2. The number of hydrogen-bond acceptors (Lipinski definition) is 12. The zero-order valence-corrected chi connectivity index (χ0v) is 21.2. The van der Waals surface area contributed by atoms with Gasteiger partial charge in [-0.3, -0.25) is 14.4 Å². The van der Waals surface area contributed by atoms with Gasteiger partial charge in [0, 0.05) is 42.0 Å². The Morgan fingerprint density at radius 1 is 1.15 bits per heavy atom. The van der Waals surface area contributed by atoms with E-state index in [2.05, 4.69) is 0 Å². The van der Waals surface area contributed by atoms with Crippen molar-refractivity contribution in [2.75, 3.05) is 13.7 Å². The van der Waals surface area contributed by atoms with E-state index >= 15 is 0 Å². The smallest absolute Gasteiger partial charge is 0.202 e. The monoisotopic (exact) mass is 543 g/mol. The molecule has 0 radical (unpaired) electrons. The molecule has 12 heteroatoms. The van der Waals surface area contributed by atoms with E-state index in [1.54, 1.807) is 6.92 Å². The molecule has 39 heavy (non-hydrogen) atoms. The number of fused-ring (bicyclic) bond motifs is 3. The first-order valence-corrected chi connectivity index (χ1v) is 12.4. The van der Waals surface area contributed by atoms with Crippen LogP contribution in [-0.2, 0) is 20.7 Å². The predicted octanol–water partition coefficient (Wildman–Crippen LogP) is 0.00130. The zero-order valence-electron chi connectivity index (χ0n) is 21.2. The average molecular weight is 544 g/mol. The molecule has 208 valence electrons. The second kappa shape index (κ2) is 9.66. The molecular weight excluding hydrogens is 514 g/mol. The van der Waals surface area contributed by atoms with Gasteiger partial charge in [0.15, 0.2) is 17.9 Å². The maximum Gasteiger partial charge on any atom is 0.202 e. The van der Waals surface area contributed by atoms with E-state index < -0.39 is 95.7 Å². The van der Waals surface area contributed by atoms with Crippen LogP contribution in [-0.4, -0.2) is 86.7 Å². The Balaban J connectivity index is 1.69. The van der Waals surface area contributed by atoms with Crippen molar-refractivity contribution in [3.05, 3.63) is 51.6 Å². The number of benzene rings is 2. The van der Waals surface area contributed by atoms with Crippen LogP contribution < -0.4 is 10.5 Å². The number of hydrogen-bond donors (Lipinski definition) is 6. The number of aromatic hydroxyl groups is 2. The molecular formula is C27H29NO11. The third kappa shape index (κ3) is 4.11.